The first kappa shape index (κ1) is 15.1. The summed E-state index contributed by atoms with van der Waals surface area (Å²) < 4.78 is 5.56. The molecular weight excluding hydrogens is 264 g/mol. The Bertz CT molecular complexity index is 357. The molecule has 2 rings (SSSR count). The van der Waals surface area contributed by atoms with Gasteiger partial charge in [0.1, 0.15) is 6.04 Å². The Labute approximate surface area is 117 Å². The predicted octanol–water partition coefficient (Wildman–Crippen LogP) is 0.175. The molecule has 0 aliphatic carbocycles. The number of nitrogens with zero attached hydrogens (tertiary/aromatic N) is 1. The van der Waals surface area contributed by atoms with Crippen molar-refractivity contribution in [3.8, 4) is 0 Å². The number of carboxylic acid groups (broad SMARTS) is 1. The lowest BCUT2D eigenvalue weighted by Crippen LogP contribution is -2.46. The molecule has 2 saturated heterocycles. The summed E-state index contributed by atoms with van der Waals surface area (Å²) in [5.74, 6) is -1.08. The molecule has 114 valence electrons. The van der Waals surface area contributed by atoms with Crippen molar-refractivity contribution in [1.82, 2.24) is 10.2 Å². The van der Waals surface area contributed by atoms with E-state index in [2.05, 4.69) is 5.32 Å². The van der Waals surface area contributed by atoms with Crippen LogP contribution in [0.15, 0.2) is 0 Å². The number of aliphatic hydroxyl groups excluding tert-OH is 1. The van der Waals surface area contributed by atoms with Crippen LogP contribution in [0.25, 0.3) is 0 Å². The third-order valence-electron chi connectivity index (χ3n) is 3.84. The molecule has 2 aliphatic rings. The predicted molar refractivity (Wildman–Crippen MR) is 70.4 cm³/mol. The number of ether oxygens (including phenoxy) is 1. The van der Waals surface area contributed by atoms with E-state index in [4.69, 9.17) is 9.84 Å². The lowest BCUT2D eigenvalue weighted by molar-refractivity contribution is -0.141. The van der Waals surface area contributed by atoms with E-state index in [1.54, 1.807) is 0 Å². The van der Waals surface area contributed by atoms with Crippen molar-refractivity contribution in [2.45, 2.75) is 50.4 Å². The molecule has 0 bridgehead atoms. The van der Waals surface area contributed by atoms with Crippen LogP contribution in [0, 0.1) is 0 Å². The monoisotopic (exact) mass is 286 g/mol. The molecular formula is C13H22N2O5. The van der Waals surface area contributed by atoms with Gasteiger partial charge in [0.2, 0.25) is 0 Å². The van der Waals surface area contributed by atoms with Gasteiger partial charge in [-0.1, -0.05) is 0 Å². The summed E-state index contributed by atoms with van der Waals surface area (Å²) in [5, 5.41) is 21.2. The molecule has 2 aliphatic heterocycles. The van der Waals surface area contributed by atoms with Gasteiger partial charge in [-0.05, 0) is 25.7 Å². The van der Waals surface area contributed by atoms with Crippen molar-refractivity contribution in [2.75, 3.05) is 19.7 Å². The van der Waals surface area contributed by atoms with Crippen LogP contribution in [-0.2, 0) is 9.53 Å². The molecule has 0 aromatic heterocycles. The second kappa shape index (κ2) is 6.90. The highest BCUT2D eigenvalue weighted by Gasteiger charge is 2.38. The molecule has 0 spiro atoms. The number of carbonyl (C=O) groups is 2. The first-order chi connectivity index (χ1) is 9.58. The molecule has 7 nitrogen and oxygen atoms in total. The van der Waals surface area contributed by atoms with Crippen molar-refractivity contribution < 1.29 is 24.5 Å². The molecule has 0 radical (unpaired) electrons. The molecule has 2 fully saturated rings. The smallest absolute Gasteiger partial charge is 0.326 e. The Kier molecular flexibility index (Phi) is 5.19. The average molecular weight is 286 g/mol. The van der Waals surface area contributed by atoms with Gasteiger partial charge in [-0.3, -0.25) is 0 Å². The summed E-state index contributed by atoms with van der Waals surface area (Å²) in [6.45, 7) is 1.31. The fourth-order valence-corrected chi connectivity index (χ4v) is 2.75. The maximum Gasteiger partial charge on any atom is 0.326 e. The second-order valence-corrected chi connectivity index (χ2v) is 5.41. The van der Waals surface area contributed by atoms with Crippen molar-refractivity contribution in [3.05, 3.63) is 0 Å². The first-order valence-corrected chi connectivity index (χ1v) is 7.15. The minimum absolute atomic E-state index is 0.0722. The molecule has 20 heavy (non-hydrogen) atoms. The summed E-state index contributed by atoms with van der Waals surface area (Å²) in [7, 11) is 0. The molecule has 7 heteroatoms. The van der Waals surface area contributed by atoms with E-state index in [1.807, 2.05) is 0 Å². The van der Waals surface area contributed by atoms with Crippen molar-refractivity contribution in [3.63, 3.8) is 0 Å². The molecule has 2 amide bonds. The van der Waals surface area contributed by atoms with Crippen LogP contribution in [-0.4, -0.2) is 65.1 Å². The second-order valence-electron chi connectivity index (χ2n) is 5.41. The number of amides is 2. The maximum absolute atomic E-state index is 11.9. The summed E-state index contributed by atoms with van der Waals surface area (Å²) in [6.07, 6.45) is 3.50. The van der Waals surface area contributed by atoms with Crippen molar-refractivity contribution >= 4 is 12.0 Å². The lowest BCUT2D eigenvalue weighted by atomic mass is 10.1. The van der Waals surface area contributed by atoms with Gasteiger partial charge >= 0.3 is 12.0 Å². The minimum atomic E-state index is -1.08. The van der Waals surface area contributed by atoms with Crippen molar-refractivity contribution in [1.29, 1.82) is 0 Å². The van der Waals surface area contributed by atoms with Crippen LogP contribution in [0.4, 0.5) is 4.79 Å². The number of hydrogen-bond donors (Lipinski definition) is 3. The number of rotatable bonds is 4. The molecule has 1 unspecified atom stereocenters. The number of nitrogens with one attached hydrogen (secondary N) is 1. The van der Waals surface area contributed by atoms with Crippen LogP contribution in [0.3, 0.4) is 0 Å². The zero-order valence-electron chi connectivity index (χ0n) is 11.5. The summed E-state index contributed by atoms with van der Waals surface area (Å²) in [6, 6.07) is -1.36. The SMILES string of the molecule is O=C(O)[C@@H]1C[C@@H](O)CN1C(=O)NCCC1CCCCO1. The van der Waals surface area contributed by atoms with E-state index in [0.717, 1.165) is 32.3 Å². The molecule has 0 saturated carbocycles. The Morgan fingerprint density at radius 1 is 1.35 bits per heavy atom. The number of aliphatic hydroxyl groups is 1. The third-order valence-corrected chi connectivity index (χ3v) is 3.84. The van der Waals surface area contributed by atoms with Crippen LogP contribution < -0.4 is 5.32 Å². The number of hydrogen-bond acceptors (Lipinski definition) is 4. The minimum Gasteiger partial charge on any atom is -0.480 e. The molecule has 3 N–H and O–H groups in total. The van der Waals surface area contributed by atoms with E-state index in [0.29, 0.717) is 6.54 Å². The maximum atomic E-state index is 11.9. The topological polar surface area (TPSA) is 99.1 Å². The van der Waals surface area contributed by atoms with E-state index >= 15 is 0 Å². The van der Waals surface area contributed by atoms with Crippen LogP contribution in [0.2, 0.25) is 0 Å². The van der Waals surface area contributed by atoms with Crippen LogP contribution in [0.1, 0.15) is 32.1 Å². The quantitative estimate of drug-likeness (QED) is 0.684. The number of likely N-dealkylation sites (tertiary alicyclic amines) is 1. The van der Waals surface area contributed by atoms with Crippen molar-refractivity contribution in [2.24, 2.45) is 0 Å². The first-order valence-electron chi connectivity index (χ1n) is 7.15. The van der Waals surface area contributed by atoms with E-state index in [1.165, 1.54) is 4.90 Å². The standard InChI is InChI=1S/C13H22N2O5/c16-9-7-11(12(17)18)15(8-9)13(19)14-5-4-10-3-1-2-6-20-10/h9-11,16H,1-8H2,(H,14,19)(H,17,18)/t9-,10?,11+/m1/s1. The van der Waals surface area contributed by atoms with Gasteiger partial charge in [-0.15, -0.1) is 0 Å². The highest BCUT2D eigenvalue weighted by Crippen LogP contribution is 2.18. The summed E-state index contributed by atoms with van der Waals surface area (Å²) >= 11 is 0. The zero-order chi connectivity index (χ0) is 14.5. The van der Waals surface area contributed by atoms with Gasteiger partial charge in [-0.25, -0.2) is 9.59 Å². The zero-order valence-corrected chi connectivity index (χ0v) is 11.5. The van der Waals surface area contributed by atoms with E-state index in [9.17, 15) is 14.7 Å². The van der Waals surface area contributed by atoms with E-state index in [-0.39, 0.29) is 19.1 Å². The highest BCUT2D eigenvalue weighted by atomic mass is 16.5. The number of β-amino-alcohol motifs (C(OH)–C–C–N with tert-alkyl or cyclic N) is 1. The van der Waals surface area contributed by atoms with Gasteiger partial charge in [0, 0.05) is 26.1 Å². The number of aliphatic carboxylic acids is 1. The number of urea groups is 1. The van der Waals surface area contributed by atoms with Gasteiger partial charge in [0.05, 0.1) is 12.2 Å². The summed E-state index contributed by atoms with van der Waals surface area (Å²) in [4.78, 5) is 24.2. The number of carboxylic acids is 1. The van der Waals surface area contributed by atoms with Crippen LogP contribution in [0.5, 0.6) is 0 Å². The highest BCUT2D eigenvalue weighted by molar-refractivity contribution is 5.83. The average Bonchev–Trinajstić information content (AvgIpc) is 2.82. The number of carbonyl (C=O) groups excluding carboxylic acids is 1. The van der Waals surface area contributed by atoms with Crippen LogP contribution >= 0.6 is 0 Å². The molecule has 2 heterocycles. The van der Waals surface area contributed by atoms with E-state index < -0.39 is 24.1 Å². The van der Waals surface area contributed by atoms with Gasteiger partial charge < -0.3 is 25.2 Å². The summed E-state index contributed by atoms with van der Waals surface area (Å²) in [5.41, 5.74) is 0. The van der Waals surface area contributed by atoms with Gasteiger partial charge in [-0.2, -0.15) is 0 Å². The van der Waals surface area contributed by atoms with Gasteiger partial charge in [0.15, 0.2) is 0 Å². The Hall–Kier alpha value is -1.34. The molecule has 0 aromatic carbocycles. The van der Waals surface area contributed by atoms with Gasteiger partial charge in [0.25, 0.3) is 0 Å². The Balaban J connectivity index is 1.74. The fourth-order valence-electron chi connectivity index (χ4n) is 2.75. The Morgan fingerprint density at radius 3 is 2.80 bits per heavy atom. The largest absolute Gasteiger partial charge is 0.480 e. The normalized spacial score (nSPS) is 30.2. The third kappa shape index (κ3) is 3.83. The molecule has 3 atom stereocenters. The fraction of sp³-hybridized carbons (Fsp3) is 0.846. The Morgan fingerprint density at radius 2 is 2.15 bits per heavy atom. The molecule has 0 aromatic rings. The lowest BCUT2D eigenvalue weighted by Gasteiger charge is -2.24.